The molecule has 2 atom stereocenters. The quantitative estimate of drug-likeness (QED) is 0.864. The second kappa shape index (κ2) is 6.32. The van der Waals surface area contributed by atoms with E-state index in [0.717, 1.165) is 16.6 Å². The zero-order valence-corrected chi connectivity index (χ0v) is 13.8. The van der Waals surface area contributed by atoms with E-state index >= 15 is 0 Å². The molecule has 3 heterocycles. The highest BCUT2D eigenvalue weighted by atomic mass is 32.1. The van der Waals surface area contributed by atoms with Crippen molar-refractivity contribution in [2.45, 2.75) is 50.2 Å². The third kappa shape index (κ3) is 2.74. The molecule has 23 heavy (non-hydrogen) atoms. The predicted octanol–water partition coefficient (Wildman–Crippen LogP) is 3.98. The molecule has 1 aliphatic carbocycles. The van der Waals surface area contributed by atoms with Gasteiger partial charge < -0.3 is 14.6 Å². The number of pyridine rings is 1. The van der Waals surface area contributed by atoms with Gasteiger partial charge in [-0.2, -0.15) is 0 Å². The average Bonchev–Trinajstić information content (AvgIpc) is 3.24. The largest absolute Gasteiger partial charge is 0.467 e. The number of hydrogen-bond donors (Lipinski definition) is 1. The number of nitrogens with one attached hydrogen (secondary N) is 1. The second-order valence-electron chi connectivity index (χ2n) is 6.34. The predicted molar refractivity (Wildman–Crippen MR) is 92.9 cm³/mol. The molecule has 1 saturated carbocycles. The Morgan fingerprint density at radius 2 is 2.00 bits per heavy atom. The van der Waals surface area contributed by atoms with E-state index in [1.807, 2.05) is 30.5 Å². The van der Waals surface area contributed by atoms with Gasteiger partial charge in [0.05, 0.1) is 18.0 Å². The summed E-state index contributed by atoms with van der Waals surface area (Å²) in [5.74, 6) is 0.957. The van der Waals surface area contributed by atoms with Crippen LogP contribution in [0.4, 0.5) is 0 Å². The molecule has 2 aromatic heterocycles. The molecule has 4 rings (SSSR count). The topological polar surface area (TPSA) is 41.3 Å². The van der Waals surface area contributed by atoms with Gasteiger partial charge >= 0.3 is 0 Å². The Bertz CT molecular complexity index is 652. The van der Waals surface area contributed by atoms with E-state index in [4.69, 9.17) is 16.6 Å². The van der Waals surface area contributed by atoms with Crippen LogP contribution in [0.15, 0.2) is 47.2 Å². The van der Waals surface area contributed by atoms with Gasteiger partial charge in [-0.25, -0.2) is 0 Å². The Balaban J connectivity index is 1.71. The van der Waals surface area contributed by atoms with Crippen LogP contribution < -0.4 is 5.32 Å². The zero-order valence-electron chi connectivity index (χ0n) is 13.0. The van der Waals surface area contributed by atoms with E-state index in [9.17, 15) is 0 Å². The first-order valence-electron chi connectivity index (χ1n) is 8.38. The van der Waals surface area contributed by atoms with Gasteiger partial charge in [-0.1, -0.05) is 25.3 Å². The third-order valence-electron chi connectivity index (χ3n) is 4.94. The van der Waals surface area contributed by atoms with Gasteiger partial charge in [0, 0.05) is 12.2 Å². The molecule has 120 valence electrons. The summed E-state index contributed by atoms with van der Waals surface area (Å²) in [6.45, 7) is 0. The van der Waals surface area contributed by atoms with Crippen LogP contribution in [0.5, 0.6) is 0 Å². The molecule has 0 radical (unpaired) electrons. The minimum atomic E-state index is 0.0387. The first-order chi connectivity index (χ1) is 11.3. The monoisotopic (exact) mass is 327 g/mol. The summed E-state index contributed by atoms with van der Waals surface area (Å²) in [5, 5.41) is 4.32. The van der Waals surface area contributed by atoms with Crippen molar-refractivity contribution in [3.63, 3.8) is 0 Å². The van der Waals surface area contributed by atoms with Crippen molar-refractivity contribution in [3.8, 4) is 0 Å². The van der Waals surface area contributed by atoms with E-state index in [-0.39, 0.29) is 12.1 Å². The number of hydrogen-bond acceptors (Lipinski definition) is 3. The lowest BCUT2D eigenvalue weighted by molar-refractivity contribution is 0.178. The van der Waals surface area contributed by atoms with Crippen LogP contribution in [0, 0.1) is 0 Å². The van der Waals surface area contributed by atoms with Gasteiger partial charge in [-0.3, -0.25) is 4.98 Å². The molecule has 0 aromatic carbocycles. The Morgan fingerprint density at radius 3 is 2.70 bits per heavy atom. The standard InChI is InChI=1S/C18H21N3OS/c23-18-20-16(14-9-4-5-11-19-14)17(15-10-6-12-22-15)21(18)13-7-2-1-3-8-13/h4-6,9-13,16-17H,1-3,7-8H2,(H,20,23)/t16-,17+/m1/s1. The smallest absolute Gasteiger partial charge is 0.170 e. The molecule has 1 saturated heterocycles. The average molecular weight is 327 g/mol. The fraction of sp³-hybridized carbons (Fsp3) is 0.444. The van der Waals surface area contributed by atoms with Crippen molar-refractivity contribution in [1.82, 2.24) is 15.2 Å². The number of nitrogens with zero attached hydrogens (tertiary/aromatic N) is 2. The van der Waals surface area contributed by atoms with Crippen molar-refractivity contribution in [2.24, 2.45) is 0 Å². The zero-order chi connectivity index (χ0) is 15.6. The van der Waals surface area contributed by atoms with Gasteiger partial charge in [0.1, 0.15) is 11.8 Å². The molecule has 1 aliphatic heterocycles. The molecular formula is C18H21N3OS. The first kappa shape index (κ1) is 14.7. The molecule has 2 aliphatic rings. The van der Waals surface area contributed by atoms with Gasteiger partial charge in [-0.05, 0) is 49.3 Å². The van der Waals surface area contributed by atoms with Crippen LogP contribution in [0.2, 0.25) is 0 Å². The third-order valence-corrected chi connectivity index (χ3v) is 5.27. The molecule has 0 unspecified atom stereocenters. The maximum Gasteiger partial charge on any atom is 0.170 e. The normalized spacial score (nSPS) is 25.6. The summed E-state index contributed by atoms with van der Waals surface area (Å²) < 4.78 is 5.77. The molecule has 0 bridgehead atoms. The van der Waals surface area contributed by atoms with Crippen molar-refractivity contribution < 1.29 is 4.42 Å². The van der Waals surface area contributed by atoms with Crippen molar-refractivity contribution in [2.75, 3.05) is 0 Å². The van der Waals surface area contributed by atoms with Crippen LogP contribution in [-0.4, -0.2) is 21.0 Å². The van der Waals surface area contributed by atoms with E-state index in [0.29, 0.717) is 6.04 Å². The van der Waals surface area contributed by atoms with Gasteiger partial charge in [-0.15, -0.1) is 0 Å². The van der Waals surface area contributed by atoms with E-state index < -0.39 is 0 Å². The van der Waals surface area contributed by atoms with Crippen molar-refractivity contribution >= 4 is 17.3 Å². The van der Waals surface area contributed by atoms with Crippen LogP contribution >= 0.6 is 12.2 Å². The summed E-state index contributed by atoms with van der Waals surface area (Å²) in [4.78, 5) is 6.91. The molecule has 5 heteroatoms. The molecule has 0 spiro atoms. The minimum absolute atomic E-state index is 0.0387. The Kier molecular flexibility index (Phi) is 4.04. The molecule has 2 fully saturated rings. The fourth-order valence-corrected chi connectivity index (χ4v) is 4.27. The highest BCUT2D eigenvalue weighted by Gasteiger charge is 2.44. The van der Waals surface area contributed by atoms with Gasteiger partial charge in [0.15, 0.2) is 5.11 Å². The SMILES string of the molecule is S=C1N[C@H](c2ccccn2)[C@H](c2ccco2)N1C1CCCCC1. The number of thiocarbonyl (C=S) groups is 1. The van der Waals surface area contributed by atoms with Gasteiger partial charge in [0.2, 0.25) is 0 Å². The Hall–Kier alpha value is -1.88. The number of furan rings is 1. The lowest BCUT2D eigenvalue weighted by Crippen LogP contribution is -2.40. The number of rotatable bonds is 3. The maximum atomic E-state index is 5.77. The second-order valence-corrected chi connectivity index (χ2v) is 6.73. The lowest BCUT2D eigenvalue weighted by atomic mass is 9.92. The molecule has 1 N–H and O–H groups in total. The summed E-state index contributed by atoms with van der Waals surface area (Å²) >= 11 is 5.69. The van der Waals surface area contributed by atoms with Crippen LogP contribution in [0.1, 0.15) is 55.6 Å². The molecule has 2 aromatic rings. The fourth-order valence-electron chi connectivity index (χ4n) is 3.88. The minimum Gasteiger partial charge on any atom is -0.467 e. The lowest BCUT2D eigenvalue weighted by Gasteiger charge is -2.36. The molecule has 0 amide bonds. The molecule has 4 nitrogen and oxygen atoms in total. The van der Waals surface area contributed by atoms with Crippen LogP contribution in [-0.2, 0) is 0 Å². The van der Waals surface area contributed by atoms with Crippen LogP contribution in [0.25, 0.3) is 0 Å². The summed E-state index contributed by atoms with van der Waals surface area (Å²) in [5.41, 5.74) is 1.01. The van der Waals surface area contributed by atoms with E-state index in [1.54, 1.807) is 6.26 Å². The first-order valence-corrected chi connectivity index (χ1v) is 8.78. The highest BCUT2D eigenvalue weighted by molar-refractivity contribution is 7.80. The van der Waals surface area contributed by atoms with E-state index in [1.165, 1.54) is 32.1 Å². The van der Waals surface area contributed by atoms with Crippen molar-refractivity contribution in [1.29, 1.82) is 0 Å². The molecular weight excluding hydrogens is 306 g/mol. The van der Waals surface area contributed by atoms with Gasteiger partial charge in [0.25, 0.3) is 0 Å². The van der Waals surface area contributed by atoms with E-state index in [2.05, 4.69) is 21.3 Å². The van der Waals surface area contributed by atoms with Crippen molar-refractivity contribution in [3.05, 3.63) is 54.2 Å². The summed E-state index contributed by atoms with van der Waals surface area (Å²) in [7, 11) is 0. The number of aromatic nitrogens is 1. The summed E-state index contributed by atoms with van der Waals surface area (Å²) in [6, 6.07) is 10.6. The highest BCUT2D eigenvalue weighted by Crippen LogP contribution is 2.42. The summed E-state index contributed by atoms with van der Waals surface area (Å²) in [6.07, 6.45) is 9.88. The van der Waals surface area contributed by atoms with Crippen LogP contribution in [0.3, 0.4) is 0 Å². The maximum absolute atomic E-state index is 5.77. The Morgan fingerprint density at radius 1 is 1.13 bits per heavy atom. The Labute approximate surface area is 141 Å².